The summed E-state index contributed by atoms with van der Waals surface area (Å²) in [4.78, 5) is 33.4. The number of benzene rings is 4. The molecule has 1 atom stereocenters. The van der Waals surface area contributed by atoms with Gasteiger partial charge < -0.3 is 18.9 Å². The molecule has 1 aromatic heterocycles. The maximum absolute atomic E-state index is 14.3. The molecular weight excluding hydrogens is 631 g/mol. The fourth-order valence-electron chi connectivity index (χ4n) is 5.52. The Bertz CT molecular complexity index is 2160. The van der Waals surface area contributed by atoms with Gasteiger partial charge in [-0.2, -0.15) is 0 Å². The van der Waals surface area contributed by atoms with Crippen LogP contribution in [0, 0.1) is 5.82 Å². The summed E-state index contributed by atoms with van der Waals surface area (Å²) in [5.41, 5.74) is 3.21. The highest BCUT2D eigenvalue weighted by atomic mass is 32.1. The molecule has 244 valence electrons. The van der Waals surface area contributed by atoms with Crippen LogP contribution in [0.3, 0.4) is 0 Å². The van der Waals surface area contributed by atoms with Gasteiger partial charge in [0.15, 0.2) is 16.3 Å². The maximum Gasteiger partial charge on any atom is 0.338 e. The first-order valence-corrected chi connectivity index (χ1v) is 16.3. The molecule has 4 aromatic carbocycles. The number of esters is 1. The molecule has 0 saturated carbocycles. The monoisotopic (exact) mass is 664 g/mol. The van der Waals surface area contributed by atoms with E-state index < -0.39 is 12.0 Å². The van der Waals surface area contributed by atoms with Crippen LogP contribution in [-0.4, -0.2) is 30.9 Å². The zero-order chi connectivity index (χ0) is 33.6. The Hall–Kier alpha value is -5.48. The van der Waals surface area contributed by atoms with Gasteiger partial charge in [0, 0.05) is 11.1 Å². The van der Waals surface area contributed by atoms with Crippen LogP contribution < -0.4 is 29.1 Å². The first-order chi connectivity index (χ1) is 23.4. The fraction of sp³-hybridized carbons (Fsp3) is 0.184. The van der Waals surface area contributed by atoms with E-state index in [-0.39, 0.29) is 30.2 Å². The van der Waals surface area contributed by atoms with Gasteiger partial charge in [0.2, 0.25) is 0 Å². The summed E-state index contributed by atoms with van der Waals surface area (Å²) < 4.78 is 38.5. The Balaban J connectivity index is 1.49. The van der Waals surface area contributed by atoms with Crippen molar-refractivity contribution >= 4 is 29.1 Å². The number of fused-ring (bicyclic) bond motifs is 1. The number of carbonyl (C=O) groups is 1. The van der Waals surface area contributed by atoms with Gasteiger partial charge in [0.1, 0.15) is 24.2 Å². The second kappa shape index (κ2) is 14.5. The van der Waals surface area contributed by atoms with E-state index in [1.54, 1.807) is 50.4 Å². The van der Waals surface area contributed by atoms with Gasteiger partial charge in [-0.05, 0) is 61.4 Å². The SMILES string of the molecule is CCOC(=O)C1=C(c2ccccc2)N=c2s/c(=C\c3ccc(OCc4ccc(F)cc4)c(OCC)c3)c(=O)n2[C@H]1c1ccccc1OC. The van der Waals surface area contributed by atoms with Crippen LogP contribution in [0.2, 0.25) is 0 Å². The zero-order valence-corrected chi connectivity index (χ0v) is 27.5. The predicted octanol–water partition coefficient (Wildman–Crippen LogP) is 6.06. The average molecular weight is 665 g/mol. The first kappa shape index (κ1) is 32.5. The summed E-state index contributed by atoms with van der Waals surface area (Å²) in [6.45, 7) is 4.39. The lowest BCUT2D eigenvalue weighted by molar-refractivity contribution is -0.138. The van der Waals surface area contributed by atoms with E-state index in [9.17, 15) is 14.0 Å². The van der Waals surface area contributed by atoms with Crippen molar-refractivity contribution in [3.05, 3.63) is 150 Å². The lowest BCUT2D eigenvalue weighted by Crippen LogP contribution is -2.40. The van der Waals surface area contributed by atoms with Gasteiger partial charge in [0.05, 0.1) is 36.1 Å². The van der Waals surface area contributed by atoms with Crippen molar-refractivity contribution in [2.75, 3.05) is 20.3 Å². The first-order valence-electron chi connectivity index (χ1n) is 15.5. The van der Waals surface area contributed by atoms with Crippen molar-refractivity contribution in [3.63, 3.8) is 0 Å². The van der Waals surface area contributed by atoms with Crippen molar-refractivity contribution in [1.29, 1.82) is 0 Å². The Morgan fingerprint density at radius 2 is 1.65 bits per heavy atom. The van der Waals surface area contributed by atoms with Crippen molar-refractivity contribution in [1.82, 2.24) is 4.57 Å². The number of hydrogen-bond acceptors (Lipinski definition) is 8. The Labute approximate surface area is 280 Å². The molecule has 1 aliphatic heterocycles. The van der Waals surface area contributed by atoms with Gasteiger partial charge in [-0.1, -0.05) is 78.1 Å². The van der Waals surface area contributed by atoms with E-state index in [0.29, 0.717) is 50.0 Å². The summed E-state index contributed by atoms with van der Waals surface area (Å²) in [5.74, 6) is 0.659. The molecule has 0 unspecified atom stereocenters. The van der Waals surface area contributed by atoms with E-state index in [2.05, 4.69) is 0 Å². The molecule has 0 aliphatic carbocycles. The minimum Gasteiger partial charge on any atom is -0.496 e. The topological polar surface area (TPSA) is 88.4 Å². The van der Waals surface area contributed by atoms with Crippen LogP contribution in [0.4, 0.5) is 4.39 Å². The van der Waals surface area contributed by atoms with Crippen molar-refractivity contribution < 1.29 is 28.1 Å². The standard InChI is InChI=1S/C38H33FN2O6S/c1-4-45-31-21-25(17-20-30(31)47-23-24-15-18-27(39)19-16-24)22-32-36(42)41-35(28-13-9-10-14-29(28)44-3)33(37(43)46-5-2)34(40-38(41)48-32)26-11-7-6-8-12-26/h6-22,35H,4-5,23H2,1-3H3/b32-22-/t35-/m0/s1. The average Bonchev–Trinajstić information content (AvgIpc) is 3.42. The molecule has 1 aliphatic rings. The molecule has 0 N–H and O–H groups in total. The largest absolute Gasteiger partial charge is 0.496 e. The number of nitrogens with zero attached hydrogens (tertiary/aromatic N) is 2. The maximum atomic E-state index is 14.3. The van der Waals surface area contributed by atoms with E-state index in [1.165, 1.54) is 28.0 Å². The fourth-order valence-corrected chi connectivity index (χ4v) is 6.52. The van der Waals surface area contributed by atoms with Crippen LogP contribution in [0.15, 0.2) is 112 Å². The van der Waals surface area contributed by atoms with E-state index in [4.69, 9.17) is 23.9 Å². The smallest absolute Gasteiger partial charge is 0.338 e. The van der Waals surface area contributed by atoms with Crippen LogP contribution in [0.1, 0.15) is 42.1 Å². The van der Waals surface area contributed by atoms with Crippen molar-refractivity contribution in [2.45, 2.75) is 26.5 Å². The molecule has 6 rings (SSSR count). The number of halogens is 1. The summed E-state index contributed by atoms with van der Waals surface area (Å²) in [5, 5.41) is 0. The Morgan fingerprint density at radius 3 is 2.38 bits per heavy atom. The van der Waals surface area contributed by atoms with Crippen LogP contribution in [0.25, 0.3) is 11.8 Å². The van der Waals surface area contributed by atoms with Crippen LogP contribution >= 0.6 is 11.3 Å². The minimum absolute atomic E-state index is 0.152. The molecule has 0 spiro atoms. The van der Waals surface area contributed by atoms with Gasteiger partial charge in [0.25, 0.3) is 5.56 Å². The highest BCUT2D eigenvalue weighted by molar-refractivity contribution is 7.07. The molecular formula is C38H33FN2O6S. The molecule has 0 bridgehead atoms. The minimum atomic E-state index is -0.866. The van der Waals surface area contributed by atoms with Gasteiger partial charge in [-0.3, -0.25) is 9.36 Å². The lowest BCUT2D eigenvalue weighted by Gasteiger charge is -2.27. The normalized spacial score (nSPS) is 14.2. The van der Waals surface area contributed by atoms with E-state index >= 15 is 0 Å². The number of methoxy groups -OCH3 is 1. The van der Waals surface area contributed by atoms with Crippen molar-refractivity contribution in [2.24, 2.45) is 4.99 Å². The summed E-state index contributed by atoms with van der Waals surface area (Å²) in [6, 6.07) is 27.3. The zero-order valence-electron chi connectivity index (χ0n) is 26.6. The van der Waals surface area contributed by atoms with E-state index in [1.807, 2.05) is 61.5 Å². The predicted molar refractivity (Wildman–Crippen MR) is 182 cm³/mol. The lowest BCUT2D eigenvalue weighted by atomic mass is 9.92. The molecule has 5 aromatic rings. The van der Waals surface area contributed by atoms with Gasteiger partial charge >= 0.3 is 5.97 Å². The Morgan fingerprint density at radius 1 is 0.896 bits per heavy atom. The molecule has 2 heterocycles. The van der Waals surface area contributed by atoms with Gasteiger partial charge in [-0.15, -0.1) is 0 Å². The number of aromatic nitrogens is 1. The van der Waals surface area contributed by atoms with Crippen LogP contribution in [-0.2, 0) is 16.1 Å². The third-order valence-corrected chi connectivity index (χ3v) is 8.66. The number of para-hydroxylation sites is 1. The third-order valence-electron chi connectivity index (χ3n) is 7.68. The molecule has 48 heavy (non-hydrogen) atoms. The number of carbonyl (C=O) groups excluding carboxylic acids is 1. The van der Waals surface area contributed by atoms with E-state index in [0.717, 1.165) is 11.1 Å². The number of thiazole rings is 1. The second-order valence-electron chi connectivity index (χ2n) is 10.7. The quantitative estimate of drug-likeness (QED) is 0.160. The molecule has 10 heteroatoms. The highest BCUT2D eigenvalue weighted by Crippen LogP contribution is 2.38. The molecule has 0 saturated heterocycles. The third kappa shape index (κ3) is 6.65. The number of rotatable bonds is 11. The molecule has 0 fully saturated rings. The molecule has 0 radical (unpaired) electrons. The summed E-state index contributed by atoms with van der Waals surface area (Å²) >= 11 is 1.22. The summed E-state index contributed by atoms with van der Waals surface area (Å²) in [6.07, 6.45) is 1.77. The second-order valence-corrected chi connectivity index (χ2v) is 11.7. The number of ether oxygens (including phenoxy) is 4. The van der Waals surface area contributed by atoms with Gasteiger partial charge in [-0.25, -0.2) is 14.2 Å². The number of hydrogen-bond donors (Lipinski definition) is 0. The molecule has 8 nitrogen and oxygen atoms in total. The highest BCUT2D eigenvalue weighted by Gasteiger charge is 2.36. The van der Waals surface area contributed by atoms with Crippen molar-refractivity contribution in [3.8, 4) is 17.2 Å². The summed E-state index contributed by atoms with van der Waals surface area (Å²) in [7, 11) is 1.55. The molecule has 0 amide bonds. The Kier molecular flexibility index (Phi) is 9.82. The van der Waals surface area contributed by atoms with Crippen LogP contribution in [0.5, 0.6) is 17.2 Å².